The molecule has 1 atom stereocenters. The quantitative estimate of drug-likeness (QED) is 0.730. The third-order valence-electron chi connectivity index (χ3n) is 2.77. The van der Waals surface area contributed by atoms with E-state index >= 15 is 0 Å². The van der Waals surface area contributed by atoms with Crippen LogP contribution in [0.15, 0.2) is 24.3 Å². The summed E-state index contributed by atoms with van der Waals surface area (Å²) >= 11 is 0. The van der Waals surface area contributed by atoms with Crippen molar-refractivity contribution in [3.63, 3.8) is 0 Å². The normalized spacial score (nSPS) is 19.3. The Labute approximate surface area is 107 Å². The number of hydrogen-bond acceptors (Lipinski definition) is 4. The van der Waals surface area contributed by atoms with Gasteiger partial charge in [-0.1, -0.05) is 6.07 Å². The minimum atomic E-state index is -0.172. The van der Waals surface area contributed by atoms with E-state index in [0.717, 1.165) is 24.5 Å². The van der Waals surface area contributed by atoms with E-state index in [1.54, 1.807) is 0 Å². The van der Waals surface area contributed by atoms with Crippen molar-refractivity contribution in [3.8, 4) is 5.75 Å². The van der Waals surface area contributed by atoms with Gasteiger partial charge in [0.1, 0.15) is 5.75 Å². The zero-order valence-electron chi connectivity index (χ0n) is 10.5. The van der Waals surface area contributed by atoms with Crippen LogP contribution >= 0.6 is 0 Å². The molecule has 0 aromatic heterocycles. The first kappa shape index (κ1) is 12.9. The molecular formula is C13H19N3O2. The van der Waals surface area contributed by atoms with Gasteiger partial charge in [-0.3, -0.25) is 4.79 Å². The van der Waals surface area contributed by atoms with Crippen LogP contribution in [0.5, 0.6) is 5.75 Å². The number of rotatable bonds is 4. The molecule has 0 saturated carbocycles. The average Bonchev–Trinajstić information content (AvgIpc) is 2.40. The van der Waals surface area contributed by atoms with Crippen molar-refractivity contribution in [3.05, 3.63) is 24.3 Å². The summed E-state index contributed by atoms with van der Waals surface area (Å²) in [5.41, 5.74) is 0.762. The highest BCUT2D eigenvalue weighted by Gasteiger charge is 2.20. The van der Waals surface area contributed by atoms with Gasteiger partial charge >= 0.3 is 0 Å². The molecule has 18 heavy (non-hydrogen) atoms. The van der Waals surface area contributed by atoms with Crippen LogP contribution in [0.25, 0.3) is 0 Å². The smallest absolute Gasteiger partial charge is 0.242 e. The van der Waals surface area contributed by atoms with Gasteiger partial charge in [0.15, 0.2) is 0 Å². The van der Waals surface area contributed by atoms with E-state index in [0.29, 0.717) is 13.2 Å². The van der Waals surface area contributed by atoms with Crippen LogP contribution in [0.1, 0.15) is 6.92 Å². The molecule has 1 aliphatic heterocycles. The molecule has 1 amide bonds. The van der Waals surface area contributed by atoms with E-state index in [4.69, 9.17) is 4.74 Å². The number of amides is 1. The van der Waals surface area contributed by atoms with Crippen molar-refractivity contribution in [1.82, 2.24) is 10.6 Å². The molecular weight excluding hydrogens is 230 g/mol. The Morgan fingerprint density at radius 3 is 3.11 bits per heavy atom. The van der Waals surface area contributed by atoms with Crippen LogP contribution in [0.3, 0.4) is 0 Å². The third kappa shape index (κ3) is 3.45. The van der Waals surface area contributed by atoms with Gasteiger partial charge in [-0.2, -0.15) is 0 Å². The van der Waals surface area contributed by atoms with Crippen LogP contribution in [-0.4, -0.2) is 38.2 Å². The summed E-state index contributed by atoms with van der Waals surface area (Å²) < 4.78 is 5.39. The summed E-state index contributed by atoms with van der Waals surface area (Å²) in [6.45, 7) is 4.94. The van der Waals surface area contributed by atoms with E-state index < -0.39 is 0 Å². The molecule has 98 valence electrons. The molecule has 1 aliphatic rings. The van der Waals surface area contributed by atoms with E-state index in [2.05, 4.69) is 16.0 Å². The maximum Gasteiger partial charge on any atom is 0.242 e. The van der Waals surface area contributed by atoms with E-state index in [1.807, 2.05) is 31.2 Å². The Morgan fingerprint density at radius 1 is 1.50 bits per heavy atom. The lowest BCUT2D eigenvalue weighted by Gasteiger charge is -2.23. The van der Waals surface area contributed by atoms with Gasteiger partial charge in [-0.05, 0) is 19.1 Å². The Morgan fingerprint density at radius 2 is 2.39 bits per heavy atom. The van der Waals surface area contributed by atoms with Gasteiger partial charge in [0.05, 0.1) is 12.6 Å². The van der Waals surface area contributed by atoms with Crippen LogP contribution in [0.2, 0.25) is 0 Å². The molecule has 1 aromatic rings. The molecule has 0 bridgehead atoms. The first-order chi connectivity index (χ1) is 8.79. The second kappa shape index (κ2) is 6.37. The van der Waals surface area contributed by atoms with Crippen molar-refractivity contribution in [1.29, 1.82) is 0 Å². The first-order valence-corrected chi connectivity index (χ1v) is 6.27. The zero-order chi connectivity index (χ0) is 12.8. The fourth-order valence-electron chi connectivity index (χ4n) is 1.90. The first-order valence-electron chi connectivity index (χ1n) is 6.27. The van der Waals surface area contributed by atoms with Gasteiger partial charge in [0.2, 0.25) is 5.91 Å². The fourth-order valence-corrected chi connectivity index (χ4v) is 1.90. The van der Waals surface area contributed by atoms with Crippen molar-refractivity contribution < 1.29 is 9.53 Å². The van der Waals surface area contributed by atoms with Crippen molar-refractivity contribution in [2.75, 3.05) is 31.6 Å². The van der Waals surface area contributed by atoms with Crippen LogP contribution < -0.4 is 20.7 Å². The van der Waals surface area contributed by atoms with Gasteiger partial charge in [0, 0.05) is 31.4 Å². The number of piperazine rings is 1. The summed E-state index contributed by atoms with van der Waals surface area (Å²) in [5.74, 6) is 0.751. The molecule has 1 saturated heterocycles. The Hall–Kier alpha value is -1.59. The second-order valence-corrected chi connectivity index (χ2v) is 4.16. The largest absolute Gasteiger partial charge is 0.494 e. The summed E-state index contributed by atoms with van der Waals surface area (Å²) in [4.78, 5) is 12.0. The summed E-state index contributed by atoms with van der Waals surface area (Å²) in [6.07, 6.45) is 0. The predicted molar refractivity (Wildman–Crippen MR) is 70.9 cm³/mol. The second-order valence-electron chi connectivity index (χ2n) is 4.16. The Kier molecular flexibility index (Phi) is 4.55. The summed E-state index contributed by atoms with van der Waals surface area (Å²) in [6, 6.07) is 7.26. The average molecular weight is 249 g/mol. The number of ether oxygens (including phenoxy) is 1. The lowest BCUT2D eigenvalue weighted by atomic mass is 10.2. The predicted octanol–water partition coefficient (Wildman–Crippen LogP) is 0.585. The molecule has 2 rings (SSSR count). The van der Waals surface area contributed by atoms with Crippen LogP contribution in [-0.2, 0) is 4.79 Å². The monoisotopic (exact) mass is 249 g/mol. The number of anilines is 1. The Balaban J connectivity index is 1.95. The molecule has 5 heteroatoms. The van der Waals surface area contributed by atoms with Gasteiger partial charge in [-0.25, -0.2) is 0 Å². The summed E-state index contributed by atoms with van der Waals surface area (Å²) in [7, 11) is 0. The number of nitrogens with one attached hydrogen (secondary N) is 3. The zero-order valence-corrected chi connectivity index (χ0v) is 10.5. The Bertz CT molecular complexity index is 403. The molecule has 0 spiro atoms. The maximum atomic E-state index is 12.0. The van der Waals surface area contributed by atoms with Crippen molar-refractivity contribution >= 4 is 11.6 Å². The van der Waals surface area contributed by atoms with E-state index in [9.17, 15) is 4.79 Å². The molecule has 1 heterocycles. The number of hydrogen-bond donors (Lipinski definition) is 3. The molecule has 1 aromatic carbocycles. The molecule has 0 aliphatic carbocycles. The van der Waals surface area contributed by atoms with Gasteiger partial charge in [-0.15, -0.1) is 0 Å². The maximum absolute atomic E-state index is 12.0. The SMILES string of the molecule is CCOc1cccc(NC(=O)C2CNCCN2)c1. The van der Waals surface area contributed by atoms with Crippen LogP contribution in [0.4, 0.5) is 5.69 Å². The van der Waals surface area contributed by atoms with E-state index in [-0.39, 0.29) is 11.9 Å². The number of benzene rings is 1. The third-order valence-corrected chi connectivity index (χ3v) is 2.77. The molecule has 1 fully saturated rings. The highest BCUT2D eigenvalue weighted by atomic mass is 16.5. The fraction of sp³-hybridized carbons (Fsp3) is 0.462. The van der Waals surface area contributed by atoms with Crippen molar-refractivity contribution in [2.45, 2.75) is 13.0 Å². The number of carbonyl (C=O) groups excluding carboxylic acids is 1. The highest BCUT2D eigenvalue weighted by Crippen LogP contribution is 2.17. The highest BCUT2D eigenvalue weighted by molar-refractivity contribution is 5.95. The van der Waals surface area contributed by atoms with Crippen LogP contribution in [0, 0.1) is 0 Å². The summed E-state index contributed by atoms with van der Waals surface area (Å²) in [5, 5.41) is 9.25. The minimum absolute atomic E-state index is 0.0177. The van der Waals surface area contributed by atoms with Crippen molar-refractivity contribution in [2.24, 2.45) is 0 Å². The minimum Gasteiger partial charge on any atom is -0.494 e. The molecule has 1 unspecified atom stereocenters. The molecule has 0 radical (unpaired) electrons. The van der Waals surface area contributed by atoms with Gasteiger partial charge < -0.3 is 20.7 Å². The van der Waals surface area contributed by atoms with Gasteiger partial charge in [0.25, 0.3) is 0 Å². The number of carbonyl (C=O) groups is 1. The lowest BCUT2D eigenvalue weighted by Crippen LogP contribution is -2.54. The van der Waals surface area contributed by atoms with E-state index in [1.165, 1.54) is 0 Å². The topological polar surface area (TPSA) is 62.4 Å². The standard InChI is InChI=1S/C13H19N3O2/c1-2-18-11-5-3-4-10(8-11)16-13(17)12-9-14-6-7-15-12/h3-5,8,12,14-15H,2,6-7,9H2,1H3,(H,16,17). The molecule has 3 N–H and O–H groups in total. The molecule has 5 nitrogen and oxygen atoms in total. The lowest BCUT2D eigenvalue weighted by molar-refractivity contribution is -0.118.